The van der Waals surface area contributed by atoms with Crippen LogP contribution in [0.1, 0.15) is 10.4 Å². The number of nitrogen functional groups attached to an aromatic ring is 1. The van der Waals surface area contributed by atoms with E-state index in [9.17, 15) is 9.90 Å². The number of carbonyl (C=O) groups excluding carboxylic acids is 1. The summed E-state index contributed by atoms with van der Waals surface area (Å²) in [6, 6.07) is 2.78. The fourth-order valence-corrected chi connectivity index (χ4v) is 1.43. The van der Waals surface area contributed by atoms with Crippen LogP contribution in [0.25, 0.3) is 0 Å². The van der Waals surface area contributed by atoms with Crippen molar-refractivity contribution in [2.24, 2.45) is 0 Å². The van der Waals surface area contributed by atoms with Gasteiger partial charge >= 0.3 is 0 Å². The van der Waals surface area contributed by atoms with Crippen LogP contribution in [-0.2, 0) is 0 Å². The van der Waals surface area contributed by atoms with Crippen molar-refractivity contribution in [3.8, 4) is 5.75 Å². The molecule has 0 spiro atoms. The molecule has 70 valence electrons. The second kappa shape index (κ2) is 3.98. The molecule has 0 aliphatic rings. The number of alkyl halides is 1. The first kappa shape index (κ1) is 10.3. The average molecular weight is 265 g/mol. The van der Waals surface area contributed by atoms with Crippen LogP contribution in [-0.4, -0.2) is 16.2 Å². The second-order valence-electron chi connectivity index (χ2n) is 2.46. The van der Waals surface area contributed by atoms with Crippen LogP contribution in [0.5, 0.6) is 5.75 Å². The topological polar surface area (TPSA) is 63.3 Å². The maximum atomic E-state index is 11.2. The fourth-order valence-electron chi connectivity index (χ4n) is 0.905. The van der Waals surface area contributed by atoms with Crippen molar-refractivity contribution in [2.45, 2.75) is 0 Å². The van der Waals surface area contributed by atoms with Crippen LogP contribution in [0, 0.1) is 0 Å². The van der Waals surface area contributed by atoms with E-state index in [1.165, 1.54) is 12.1 Å². The van der Waals surface area contributed by atoms with E-state index >= 15 is 0 Å². The zero-order chi connectivity index (χ0) is 10.0. The lowest BCUT2D eigenvalue weighted by molar-refractivity contribution is 0.102. The van der Waals surface area contributed by atoms with Crippen molar-refractivity contribution in [3.05, 3.63) is 22.7 Å². The molecule has 3 nitrogen and oxygen atoms in total. The van der Waals surface area contributed by atoms with Gasteiger partial charge in [0.25, 0.3) is 0 Å². The predicted molar refractivity (Wildman–Crippen MR) is 55.7 cm³/mol. The van der Waals surface area contributed by atoms with E-state index in [0.717, 1.165) is 0 Å². The maximum absolute atomic E-state index is 11.2. The standard InChI is InChI=1S/C8H7BrClNO2/c9-3-7(12)5-1-4(11)2-6(10)8(5)13/h1-2,13H,3,11H2. The smallest absolute Gasteiger partial charge is 0.177 e. The normalized spacial score (nSPS) is 10.0. The summed E-state index contributed by atoms with van der Waals surface area (Å²) >= 11 is 8.61. The molecule has 0 aliphatic heterocycles. The van der Waals surface area contributed by atoms with E-state index in [0.29, 0.717) is 5.69 Å². The Morgan fingerprint density at radius 1 is 1.62 bits per heavy atom. The van der Waals surface area contributed by atoms with E-state index in [1.807, 2.05) is 0 Å². The van der Waals surface area contributed by atoms with Gasteiger partial charge in [0.05, 0.1) is 15.9 Å². The molecule has 0 radical (unpaired) electrons. The highest BCUT2D eigenvalue weighted by Crippen LogP contribution is 2.30. The quantitative estimate of drug-likeness (QED) is 0.372. The van der Waals surface area contributed by atoms with Gasteiger partial charge < -0.3 is 10.8 Å². The summed E-state index contributed by atoms with van der Waals surface area (Å²) in [5.41, 5.74) is 5.95. The molecule has 0 saturated carbocycles. The Bertz CT molecular complexity index is 354. The molecule has 0 heterocycles. The fraction of sp³-hybridized carbons (Fsp3) is 0.125. The van der Waals surface area contributed by atoms with Crippen LogP contribution in [0.4, 0.5) is 5.69 Å². The Morgan fingerprint density at radius 2 is 2.23 bits per heavy atom. The van der Waals surface area contributed by atoms with Crippen molar-refractivity contribution in [1.82, 2.24) is 0 Å². The molecular formula is C8H7BrClNO2. The van der Waals surface area contributed by atoms with Gasteiger partial charge in [0.15, 0.2) is 5.78 Å². The molecule has 0 atom stereocenters. The Labute approximate surface area is 88.6 Å². The number of carbonyl (C=O) groups is 1. The van der Waals surface area contributed by atoms with Crippen LogP contribution in [0.3, 0.4) is 0 Å². The van der Waals surface area contributed by atoms with Crippen molar-refractivity contribution >= 4 is 39.0 Å². The molecule has 0 aliphatic carbocycles. The summed E-state index contributed by atoms with van der Waals surface area (Å²) in [6.07, 6.45) is 0. The average Bonchev–Trinajstić information content (AvgIpc) is 2.10. The number of phenolic OH excluding ortho intramolecular Hbond substituents is 1. The molecule has 5 heteroatoms. The molecule has 1 rings (SSSR count). The molecule has 13 heavy (non-hydrogen) atoms. The lowest BCUT2D eigenvalue weighted by Gasteiger charge is -2.04. The molecule has 0 saturated heterocycles. The molecule has 0 bridgehead atoms. The Morgan fingerprint density at radius 3 is 2.77 bits per heavy atom. The monoisotopic (exact) mass is 263 g/mol. The minimum Gasteiger partial charge on any atom is -0.506 e. The molecule has 0 aromatic heterocycles. The van der Waals surface area contributed by atoms with Crippen LogP contribution >= 0.6 is 27.5 Å². The van der Waals surface area contributed by atoms with Crippen LogP contribution < -0.4 is 5.73 Å². The Kier molecular flexibility index (Phi) is 3.17. The van der Waals surface area contributed by atoms with E-state index in [-0.39, 0.29) is 27.4 Å². The van der Waals surface area contributed by atoms with Crippen molar-refractivity contribution in [1.29, 1.82) is 0 Å². The van der Waals surface area contributed by atoms with Gasteiger partial charge in [0.2, 0.25) is 0 Å². The number of phenols is 1. The lowest BCUT2D eigenvalue weighted by Crippen LogP contribution is -2.01. The van der Waals surface area contributed by atoms with Gasteiger partial charge in [-0.3, -0.25) is 4.79 Å². The Hall–Kier alpha value is -0.740. The third-order valence-electron chi connectivity index (χ3n) is 1.51. The number of Topliss-reactive ketones (excluding diaryl/α,β-unsaturated/α-hetero) is 1. The SMILES string of the molecule is Nc1cc(Cl)c(O)c(C(=O)CBr)c1. The van der Waals surface area contributed by atoms with Crippen LogP contribution in [0.15, 0.2) is 12.1 Å². The number of hydrogen-bond donors (Lipinski definition) is 2. The predicted octanol–water partition coefficient (Wildman–Crippen LogP) is 2.21. The molecule has 1 aromatic carbocycles. The molecule has 0 unspecified atom stereocenters. The first-order chi connectivity index (χ1) is 6.06. The number of halogens is 2. The highest BCUT2D eigenvalue weighted by Gasteiger charge is 2.13. The second-order valence-corrected chi connectivity index (χ2v) is 3.42. The zero-order valence-electron chi connectivity index (χ0n) is 6.55. The van der Waals surface area contributed by atoms with Gasteiger partial charge in [-0.2, -0.15) is 0 Å². The lowest BCUT2D eigenvalue weighted by atomic mass is 10.1. The first-order valence-corrected chi connectivity index (χ1v) is 4.93. The van der Waals surface area contributed by atoms with E-state index in [1.54, 1.807) is 0 Å². The summed E-state index contributed by atoms with van der Waals surface area (Å²) in [5, 5.41) is 9.61. The van der Waals surface area contributed by atoms with Gasteiger partial charge in [-0.1, -0.05) is 27.5 Å². The van der Waals surface area contributed by atoms with Crippen LogP contribution in [0.2, 0.25) is 5.02 Å². The van der Waals surface area contributed by atoms with Crippen molar-refractivity contribution in [2.75, 3.05) is 11.1 Å². The number of nitrogens with two attached hydrogens (primary N) is 1. The molecule has 0 amide bonds. The molecular weight excluding hydrogens is 257 g/mol. The number of aromatic hydroxyl groups is 1. The molecule has 3 N–H and O–H groups in total. The number of rotatable bonds is 2. The summed E-state index contributed by atoms with van der Waals surface area (Å²) in [7, 11) is 0. The summed E-state index contributed by atoms with van der Waals surface area (Å²) in [4.78, 5) is 11.2. The van der Waals surface area contributed by atoms with E-state index < -0.39 is 0 Å². The Balaban J connectivity index is 3.28. The minimum absolute atomic E-state index is 0.0873. The number of ketones is 1. The third-order valence-corrected chi connectivity index (χ3v) is 2.30. The van der Waals surface area contributed by atoms with Gasteiger partial charge in [0.1, 0.15) is 5.75 Å². The zero-order valence-corrected chi connectivity index (χ0v) is 8.89. The maximum Gasteiger partial charge on any atom is 0.177 e. The highest BCUT2D eigenvalue weighted by molar-refractivity contribution is 9.09. The highest BCUT2D eigenvalue weighted by atomic mass is 79.9. The van der Waals surface area contributed by atoms with Gasteiger partial charge in [-0.25, -0.2) is 0 Å². The third kappa shape index (κ3) is 2.14. The van der Waals surface area contributed by atoms with Crippen molar-refractivity contribution < 1.29 is 9.90 Å². The number of anilines is 1. The first-order valence-electron chi connectivity index (χ1n) is 3.43. The minimum atomic E-state index is -0.258. The van der Waals surface area contributed by atoms with E-state index in [4.69, 9.17) is 17.3 Å². The number of benzene rings is 1. The molecule has 1 aromatic rings. The summed E-state index contributed by atoms with van der Waals surface area (Å²) in [5.74, 6) is -0.480. The van der Waals surface area contributed by atoms with Gasteiger partial charge in [-0.05, 0) is 12.1 Å². The van der Waals surface area contributed by atoms with Crippen molar-refractivity contribution in [3.63, 3.8) is 0 Å². The van der Waals surface area contributed by atoms with E-state index in [2.05, 4.69) is 15.9 Å². The summed E-state index contributed by atoms with van der Waals surface area (Å²) < 4.78 is 0. The summed E-state index contributed by atoms with van der Waals surface area (Å²) in [6.45, 7) is 0. The largest absolute Gasteiger partial charge is 0.506 e. The molecule has 0 fully saturated rings. The van der Waals surface area contributed by atoms with Gasteiger partial charge in [-0.15, -0.1) is 0 Å². The van der Waals surface area contributed by atoms with Gasteiger partial charge in [0, 0.05) is 5.69 Å². The number of hydrogen-bond acceptors (Lipinski definition) is 3.